The van der Waals surface area contributed by atoms with Crippen molar-refractivity contribution in [3.63, 3.8) is 0 Å². The van der Waals surface area contributed by atoms with Crippen molar-refractivity contribution in [2.24, 2.45) is 0 Å². The standard InChI is InChI=1S/C27H54O5/c28-23-21-19-17-15-13-11-9-7-5-3-1-2-4-6-8-10-12-14-16-18-20-22-27(31)32-25-26(30)24-29/h26,28-30H,1-25H2. The van der Waals surface area contributed by atoms with Crippen LogP contribution in [0.1, 0.15) is 141 Å². The molecule has 192 valence electrons. The maximum atomic E-state index is 11.5. The molecule has 32 heavy (non-hydrogen) atoms. The number of carbonyl (C=O) groups excluding carboxylic acids is 1. The molecule has 0 aliphatic rings. The molecule has 0 aromatic heterocycles. The molecule has 0 saturated heterocycles. The average Bonchev–Trinajstić information content (AvgIpc) is 2.80. The van der Waals surface area contributed by atoms with E-state index in [1.54, 1.807) is 0 Å². The predicted octanol–water partition coefficient (Wildman–Crippen LogP) is 6.46. The van der Waals surface area contributed by atoms with Crippen LogP contribution in [0.2, 0.25) is 0 Å². The maximum Gasteiger partial charge on any atom is 0.305 e. The van der Waals surface area contributed by atoms with Crippen molar-refractivity contribution in [2.75, 3.05) is 19.8 Å². The Bertz CT molecular complexity index is 375. The number of esters is 1. The molecule has 0 aromatic rings. The van der Waals surface area contributed by atoms with Gasteiger partial charge in [-0.1, -0.05) is 122 Å². The van der Waals surface area contributed by atoms with Crippen LogP contribution in [0.15, 0.2) is 0 Å². The summed E-state index contributed by atoms with van der Waals surface area (Å²) in [7, 11) is 0. The molecule has 1 unspecified atom stereocenters. The summed E-state index contributed by atoms with van der Waals surface area (Å²) >= 11 is 0. The minimum Gasteiger partial charge on any atom is -0.463 e. The molecular formula is C27H54O5. The van der Waals surface area contributed by atoms with Crippen molar-refractivity contribution < 1.29 is 24.9 Å². The van der Waals surface area contributed by atoms with Gasteiger partial charge in [-0.2, -0.15) is 0 Å². The van der Waals surface area contributed by atoms with Gasteiger partial charge in [0.1, 0.15) is 12.7 Å². The Morgan fingerprint density at radius 3 is 1.16 bits per heavy atom. The van der Waals surface area contributed by atoms with Crippen molar-refractivity contribution in [2.45, 2.75) is 147 Å². The third kappa shape index (κ3) is 25.6. The van der Waals surface area contributed by atoms with Crippen molar-refractivity contribution in [1.82, 2.24) is 0 Å². The molecular weight excluding hydrogens is 404 g/mol. The SMILES string of the molecule is O=C(CCCCCCCCCCCCCCCCCCCCCCCO)OCC(O)CO. The van der Waals surface area contributed by atoms with E-state index in [1.807, 2.05) is 0 Å². The monoisotopic (exact) mass is 458 g/mol. The molecule has 0 bridgehead atoms. The van der Waals surface area contributed by atoms with E-state index in [0.717, 1.165) is 19.3 Å². The first kappa shape index (κ1) is 31.4. The van der Waals surface area contributed by atoms with Crippen LogP contribution in [0.3, 0.4) is 0 Å². The smallest absolute Gasteiger partial charge is 0.305 e. The first-order chi connectivity index (χ1) is 15.7. The summed E-state index contributed by atoms with van der Waals surface area (Å²) in [5, 5.41) is 26.5. The van der Waals surface area contributed by atoms with Crippen LogP contribution in [0.4, 0.5) is 0 Å². The lowest BCUT2D eigenvalue weighted by molar-refractivity contribution is -0.147. The third-order valence-electron chi connectivity index (χ3n) is 6.19. The summed E-state index contributed by atoms with van der Waals surface area (Å²) in [6.07, 6.45) is 26.5. The number of ether oxygens (including phenoxy) is 1. The van der Waals surface area contributed by atoms with E-state index >= 15 is 0 Å². The van der Waals surface area contributed by atoms with E-state index in [1.165, 1.54) is 116 Å². The predicted molar refractivity (Wildman–Crippen MR) is 133 cm³/mol. The number of unbranched alkanes of at least 4 members (excludes halogenated alkanes) is 20. The van der Waals surface area contributed by atoms with Crippen LogP contribution in [0.5, 0.6) is 0 Å². The zero-order chi connectivity index (χ0) is 23.5. The molecule has 3 N–H and O–H groups in total. The van der Waals surface area contributed by atoms with Gasteiger partial charge in [0, 0.05) is 13.0 Å². The van der Waals surface area contributed by atoms with Gasteiger partial charge in [0.25, 0.3) is 0 Å². The maximum absolute atomic E-state index is 11.5. The molecule has 0 amide bonds. The molecule has 0 radical (unpaired) electrons. The van der Waals surface area contributed by atoms with Crippen molar-refractivity contribution >= 4 is 5.97 Å². The average molecular weight is 459 g/mol. The number of rotatable bonds is 26. The first-order valence-corrected chi connectivity index (χ1v) is 13.8. The van der Waals surface area contributed by atoms with Crippen LogP contribution in [0.25, 0.3) is 0 Å². The zero-order valence-corrected chi connectivity index (χ0v) is 20.9. The van der Waals surface area contributed by atoms with Gasteiger partial charge in [0.05, 0.1) is 6.61 Å². The van der Waals surface area contributed by atoms with Crippen LogP contribution in [-0.4, -0.2) is 47.2 Å². The molecule has 5 heteroatoms. The minimum absolute atomic E-state index is 0.108. The van der Waals surface area contributed by atoms with Gasteiger partial charge < -0.3 is 20.1 Å². The number of hydrogen-bond acceptors (Lipinski definition) is 5. The third-order valence-corrected chi connectivity index (χ3v) is 6.19. The summed E-state index contributed by atoms with van der Waals surface area (Å²) in [5.41, 5.74) is 0. The largest absolute Gasteiger partial charge is 0.463 e. The molecule has 0 aromatic carbocycles. The van der Waals surface area contributed by atoms with Crippen LogP contribution in [0, 0.1) is 0 Å². The van der Waals surface area contributed by atoms with E-state index in [-0.39, 0.29) is 19.2 Å². The second-order valence-corrected chi connectivity index (χ2v) is 9.42. The summed E-state index contributed by atoms with van der Waals surface area (Å²) in [4.78, 5) is 11.5. The molecule has 1 atom stereocenters. The van der Waals surface area contributed by atoms with Crippen molar-refractivity contribution in [1.29, 1.82) is 0 Å². The Morgan fingerprint density at radius 2 is 0.844 bits per heavy atom. The molecule has 0 spiro atoms. The molecule has 0 aliphatic heterocycles. The van der Waals surface area contributed by atoms with Gasteiger partial charge in [-0.05, 0) is 12.8 Å². The summed E-state index contributed by atoms with van der Waals surface area (Å²) in [6, 6.07) is 0. The Labute approximate surface area is 198 Å². The fraction of sp³-hybridized carbons (Fsp3) is 0.963. The molecule has 0 heterocycles. The summed E-state index contributed by atoms with van der Waals surface area (Å²) in [6.45, 7) is -0.129. The zero-order valence-electron chi connectivity index (χ0n) is 20.9. The van der Waals surface area contributed by atoms with E-state index < -0.39 is 6.10 Å². The second kappa shape index (κ2) is 26.6. The normalized spacial score (nSPS) is 12.2. The van der Waals surface area contributed by atoms with Crippen molar-refractivity contribution in [3.8, 4) is 0 Å². The molecule has 0 saturated carbocycles. The van der Waals surface area contributed by atoms with Gasteiger partial charge >= 0.3 is 5.97 Å². The minimum atomic E-state index is -0.960. The summed E-state index contributed by atoms with van der Waals surface area (Å²) in [5.74, 6) is -0.279. The van der Waals surface area contributed by atoms with Crippen molar-refractivity contribution in [3.05, 3.63) is 0 Å². The van der Waals surface area contributed by atoms with E-state index in [4.69, 9.17) is 20.1 Å². The quantitative estimate of drug-likeness (QED) is 0.102. The highest BCUT2D eigenvalue weighted by atomic mass is 16.5. The van der Waals surface area contributed by atoms with E-state index in [0.29, 0.717) is 13.0 Å². The second-order valence-electron chi connectivity index (χ2n) is 9.42. The van der Waals surface area contributed by atoms with Crippen LogP contribution < -0.4 is 0 Å². The van der Waals surface area contributed by atoms with Crippen LogP contribution >= 0.6 is 0 Å². The molecule has 0 aliphatic carbocycles. The number of aliphatic hydroxyl groups excluding tert-OH is 3. The lowest BCUT2D eigenvalue weighted by atomic mass is 10.0. The fourth-order valence-corrected chi connectivity index (χ4v) is 4.05. The topological polar surface area (TPSA) is 87.0 Å². The van der Waals surface area contributed by atoms with E-state index in [9.17, 15) is 4.79 Å². The highest BCUT2D eigenvalue weighted by Crippen LogP contribution is 2.15. The lowest BCUT2D eigenvalue weighted by Crippen LogP contribution is -2.21. The Kier molecular flexibility index (Phi) is 26.1. The van der Waals surface area contributed by atoms with Gasteiger partial charge in [-0.3, -0.25) is 4.79 Å². The van der Waals surface area contributed by atoms with Gasteiger partial charge in [0.15, 0.2) is 0 Å². The highest BCUT2D eigenvalue weighted by molar-refractivity contribution is 5.69. The lowest BCUT2D eigenvalue weighted by Gasteiger charge is -2.08. The number of aliphatic hydroxyl groups is 3. The Balaban J connectivity index is 3.10. The van der Waals surface area contributed by atoms with E-state index in [2.05, 4.69) is 0 Å². The molecule has 0 rings (SSSR count). The van der Waals surface area contributed by atoms with Gasteiger partial charge in [0.2, 0.25) is 0 Å². The summed E-state index contributed by atoms with van der Waals surface area (Å²) < 4.78 is 4.89. The Morgan fingerprint density at radius 1 is 0.531 bits per heavy atom. The highest BCUT2D eigenvalue weighted by Gasteiger charge is 2.07. The Hall–Kier alpha value is -0.650. The number of carbonyl (C=O) groups is 1. The number of hydrogen-bond donors (Lipinski definition) is 3. The molecule has 0 fully saturated rings. The first-order valence-electron chi connectivity index (χ1n) is 13.8. The molecule has 5 nitrogen and oxygen atoms in total. The van der Waals surface area contributed by atoms with Gasteiger partial charge in [-0.15, -0.1) is 0 Å². The van der Waals surface area contributed by atoms with Gasteiger partial charge in [-0.25, -0.2) is 0 Å². The fourth-order valence-electron chi connectivity index (χ4n) is 4.05. The van der Waals surface area contributed by atoms with Crippen LogP contribution in [-0.2, 0) is 9.53 Å².